The first-order valence-corrected chi connectivity index (χ1v) is 8.97. The number of aromatic nitrogens is 1. The molecular formula is C22H20FN3O3. The molecule has 3 rings (SSSR count). The summed E-state index contributed by atoms with van der Waals surface area (Å²) in [5.41, 5.74) is 1.37. The van der Waals surface area contributed by atoms with Gasteiger partial charge in [-0.3, -0.25) is 9.59 Å². The Morgan fingerprint density at radius 3 is 2.00 bits per heavy atom. The maximum absolute atomic E-state index is 13.7. The normalized spacial score (nSPS) is 10.3. The van der Waals surface area contributed by atoms with Crippen LogP contribution >= 0.6 is 0 Å². The lowest BCUT2D eigenvalue weighted by Gasteiger charge is -2.10. The monoisotopic (exact) mass is 393 g/mol. The van der Waals surface area contributed by atoms with Gasteiger partial charge in [0.1, 0.15) is 23.0 Å². The van der Waals surface area contributed by atoms with Crippen molar-refractivity contribution in [1.29, 1.82) is 0 Å². The van der Waals surface area contributed by atoms with Gasteiger partial charge in [0.15, 0.2) is 0 Å². The van der Waals surface area contributed by atoms with E-state index in [0.29, 0.717) is 11.3 Å². The summed E-state index contributed by atoms with van der Waals surface area (Å²) in [6.07, 6.45) is 0. The predicted molar refractivity (Wildman–Crippen MR) is 106 cm³/mol. The number of methoxy groups -OCH3 is 1. The fourth-order valence-electron chi connectivity index (χ4n) is 2.71. The highest BCUT2D eigenvalue weighted by molar-refractivity contribution is 5.96. The lowest BCUT2D eigenvalue weighted by atomic mass is 10.2. The van der Waals surface area contributed by atoms with Crippen LogP contribution in [0.2, 0.25) is 0 Å². The summed E-state index contributed by atoms with van der Waals surface area (Å²) >= 11 is 0. The van der Waals surface area contributed by atoms with E-state index in [0.717, 1.165) is 5.56 Å². The molecule has 0 saturated carbocycles. The van der Waals surface area contributed by atoms with E-state index in [-0.39, 0.29) is 24.5 Å². The number of amides is 2. The van der Waals surface area contributed by atoms with Crippen molar-refractivity contribution in [2.75, 3.05) is 7.11 Å². The summed E-state index contributed by atoms with van der Waals surface area (Å²) < 4.78 is 18.9. The number of nitrogens with zero attached hydrogens (tertiary/aromatic N) is 1. The third-order valence-corrected chi connectivity index (χ3v) is 4.24. The first-order valence-electron chi connectivity index (χ1n) is 8.97. The molecule has 29 heavy (non-hydrogen) atoms. The van der Waals surface area contributed by atoms with Crippen molar-refractivity contribution in [2.24, 2.45) is 0 Å². The Bertz CT molecular complexity index is 1020. The summed E-state index contributed by atoms with van der Waals surface area (Å²) in [4.78, 5) is 28.9. The molecular weight excluding hydrogens is 373 g/mol. The van der Waals surface area contributed by atoms with E-state index in [9.17, 15) is 14.0 Å². The van der Waals surface area contributed by atoms with Gasteiger partial charge in [-0.05, 0) is 24.3 Å². The first kappa shape index (κ1) is 20.0. The number of halogens is 1. The van der Waals surface area contributed by atoms with Gasteiger partial charge >= 0.3 is 0 Å². The average Bonchev–Trinajstić information content (AvgIpc) is 2.77. The Morgan fingerprint density at radius 2 is 1.38 bits per heavy atom. The zero-order valence-electron chi connectivity index (χ0n) is 15.8. The molecule has 0 aliphatic heterocycles. The highest BCUT2D eigenvalue weighted by Gasteiger charge is 2.13. The smallest absolute Gasteiger partial charge is 0.270 e. The van der Waals surface area contributed by atoms with Crippen molar-refractivity contribution in [2.45, 2.75) is 13.1 Å². The zero-order valence-corrected chi connectivity index (χ0v) is 15.8. The second-order valence-electron chi connectivity index (χ2n) is 6.18. The van der Waals surface area contributed by atoms with Gasteiger partial charge in [0, 0.05) is 24.2 Å². The Labute approximate surface area is 167 Å². The van der Waals surface area contributed by atoms with E-state index in [1.54, 1.807) is 37.4 Å². The molecule has 0 saturated heterocycles. The standard InChI is InChI=1S/C22H20FN3O3/c1-29-20-12-5-3-8-16(20)14-25-22(28)19-11-6-10-18(26-19)21(27)24-13-15-7-2-4-9-17(15)23/h2-12H,13-14H2,1H3,(H,24,27)(H,25,28). The molecule has 0 atom stereocenters. The Balaban J connectivity index is 1.63. The maximum Gasteiger partial charge on any atom is 0.270 e. The number of benzene rings is 2. The lowest BCUT2D eigenvalue weighted by Crippen LogP contribution is -2.27. The zero-order chi connectivity index (χ0) is 20.6. The molecule has 0 unspecified atom stereocenters. The second kappa shape index (κ2) is 9.45. The molecule has 0 bridgehead atoms. The molecule has 0 spiro atoms. The Morgan fingerprint density at radius 1 is 0.828 bits per heavy atom. The van der Waals surface area contributed by atoms with Crippen molar-refractivity contribution in [3.63, 3.8) is 0 Å². The second-order valence-corrected chi connectivity index (χ2v) is 6.18. The molecule has 148 valence electrons. The Kier molecular flexibility index (Phi) is 6.52. The fourth-order valence-corrected chi connectivity index (χ4v) is 2.71. The van der Waals surface area contributed by atoms with Gasteiger partial charge in [-0.15, -0.1) is 0 Å². The van der Waals surface area contributed by atoms with Crippen LogP contribution in [0.1, 0.15) is 32.1 Å². The number of carbonyl (C=O) groups excluding carboxylic acids is 2. The number of rotatable bonds is 7. The van der Waals surface area contributed by atoms with Gasteiger partial charge in [-0.2, -0.15) is 0 Å². The molecule has 3 aromatic rings. The summed E-state index contributed by atoms with van der Waals surface area (Å²) in [6, 6.07) is 18.1. The highest BCUT2D eigenvalue weighted by atomic mass is 19.1. The lowest BCUT2D eigenvalue weighted by molar-refractivity contribution is 0.0941. The van der Waals surface area contributed by atoms with Gasteiger partial charge in [-0.25, -0.2) is 9.37 Å². The summed E-state index contributed by atoms with van der Waals surface area (Å²) in [5, 5.41) is 5.36. The third-order valence-electron chi connectivity index (χ3n) is 4.24. The fraction of sp³-hybridized carbons (Fsp3) is 0.136. The topological polar surface area (TPSA) is 80.3 Å². The van der Waals surface area contributed by atoms with Gasteiger partial charge in [0.2, 0.25) is 0 Å². The molecule has 7 heteroatoms. The van der Waals surface area contributed by atoms with Crippen LogP contribution in [0.5, 0.6) is 5.75 Å². The van der Waals surface area contributed by atoms with Crippen molar-refractivity contribution in [3.05, 3.63) is 95.1 Å². The van der Waals surface area contributed by atoms with E-state index in [2.05, 4.69) is 15.6 Å². The van der Waals surface area contributed by atoms with E-state index < -0.39 is 17.6 Å². The molecule has 1 aromatic heterocycles. The molecule has 0 aliphatic rings. The van der Waals surface area contributed by atoms with Gasteiger partial charge in [0.05, 0.1) is 7.11 Å². The number of hydrogen-bond acceptors (Lipinski definition) is 4. The number of carbonyl (C=O) groups is 2. The first-order chi connectivity index (χ1) is 14.1. The van der Waals surface area contributed by atoms with E-state index >= 15 is 0 Å². The van der Waals surface area contributed by atoms with E-state index in [1.165, 1.54) is 18.2 Å². The number of nitrogens with one attached hydrogen (secondary N) is 2. The van der Waals surface area contributed by atoms with Crippen LogP contribution < -0.4 is 15.4 Å². The maximum atomic E-state index is 13.7. The minimum absolute atomic E-state index is 0.0252. The molecule has 0 radical (unpaired) electrons. The van der Waals surface area contributed by atoms with Crippen LogP contribution in [-0.4, -0.2) is 23.9 Å². The molecule has 2 N–H and O–H groups in total. The van der Waals surface area contributed by atoms with Crippen LogP contribution in [0.15, 0.2) is 66.7 Å². The van der Waals surface area contributed by atoms with Crippen LogP contribution in [0.3, 0.4) is 0 Å². The van der Waals surface area contributed by atoms with Crippen molar-refractivity contribution < 1.29 is 18.7 Å². The largest absolute Gasteiger partial charge is 0.496 e. The van der Waals surface area contributed by atoms with Gasteiger partial charge in [0.25, 0.3) is 11.8 Å². The minimum atomic E-state index is -0.493. The predicted octanol–water partition coefficient (Wildman–Crippen LogP) is 3.09. The molecule has 0 aliphatic carbocycles. The van der Waals surface area contributed by atoms with Crippen LogP contribution in [-0.2, 0) is 13.1 Å². The highest BCUT2D eigenvalue weighted by Crippen LogP contribution is 2.16. The molecule has 0 fully saturated rings. The number of hydrogen-bond donors (Lipinski definition) is 2. The number of pyridine rings is 1. The molecule has 6 nitrogen and oxygen atoms in total. The number of para-hydroxylation sites is 1. The molecule has 2 amide bonds. The quantitative estimate of drug-likeness (QED) is 0.647. The van der Waals surface area contributed by atoms with E-state index in [1.807, 2.05) is 18.2 Å². The summed E-state index contributed by atoms with van der Waals surface area (Å²) in [7, 11) is 1.56. The van der Waals surface area contributed by atoms with E-state index in [4.69, 9.17) is 4.74 Å². The van der Waals surface area contributed by atoms with Crippen LogP contribution in [0.25, 0.3) is 0 Å². The average molecular weight is 393 g/mol. The summed E-state index contributed by atoms with van der Waals surface area (Å²) in [5.74, 6) is -0.639. The SMILES string of the molecule is COc1ccccc1CNC(=O)c1cccc(C(=O)NCc2ccccc2F)n1. The van der Waals surface area contributed by atoms with Crippen LogP contribution in [0, 0.1) is 5.82 Å². The number of ether oxygens (including phenoxy) is 1. The Hall–Kier alpha value is -3.74. The molecule has 2 aromatic carbocycles. The van der Waals surface area contributed by atoms with Crippen molar-refractivity contribution in [3.8, 4) is 5.75 Å². The minimum Gasteiger partial charge on any atom is -0.496 e. The van der Waals surface area contributed by atoms with Crippen LogP contribution in [0.4, 0.5) is 4.39 Å². The van der Waals surface area contributed by atoms with Gasteiger partial charge in [-0.1, -0.05) is 42.5 Å². The third kappa shape index (κ3) is 5.16. The van der Waals surface area contributed by atoms with Crippen molar-refractivity contribution >= 4 is 11.8 Å². The van der Waals surface area contributed by atoms with Gasteiger partial charge < -0.3 is 15.4 Å². The summed E-state index contributed by atoms with van der Waals surface area (Å²) in [6.45, 7) is 0.283. The van der Waals surface area contributed by atoms with Crippen molar-refractivity contribution in [1.82, 2.24) is 15.6 Å². The molecule has 1 heterocycles.